The molecule has 3 unspecified atom stereocenters. The standard InChI is InChI=1S/C13H27NO2/c1-4-13(3,16-5-2)12(14)9-8-11-7-6-10-15-11/h11-12H,4-10,14H2,1-3H3. The summed E-state index contributed by atoms with van der Waals surface area (Å²) < 4.78 is 11.4. The highest BCUT2D eigenvalue weighted by molar-refractivity contribution is 4.87. The molecule has 0 aromatic rings. The molecule has 0 aromatic heterocycles. The van der Waals surface area contributed by atoms with Crippen LogP contribution in [0.2, 0.25) is 0 Å². The Kier molecular flexibility index (Phi) is 5.73. The van der Waals surface area contributed by atoms with Crippen molar-refractivity contribution in [2.45, 2.75) is 70.6 Å². The van der Waals surface area contributed by atoms with E-state index in [1.807, 2.05) is 6.92 Å². The predicted molar refractivity (Wildman–Crippen MR) is 66.5 cm³/mol. The summed E-state index contributed by atoms with van der Waals surface area (Å²) in [5, 5.41) is 0. The van der Waals surface area contributed by atoms with Crippen molar-refractivity contribution in [3.05, 3.63) is 0 Å². The van der Waals surface area contributed by atoms with Crippen molar-refractivity contribution >= 4 is 0 Å². The van der Waals surface area contributed by atoms with Gasteiger partial charge in [0.1, 0.15) is 0 Å². The largest absolute Gasteiger partial charge is 0.378 e. The third-order valence-electron chi connectivity index (χ3n) is 3.78. The number of ether oxygens (including phenoxy) is 2. The van der Waals surface area contributed by atoms with Gasteiger partial charge in [-0.25, -0.2) is 0 Å². The van der Waals surface area contributed by atoms with Crippen molar-refractivity contribution in [3.8, 4) is 0 Å². The molecule has 0 bridgehead atoms. The Labute approximate surface area is 99.7 Å². The van der Waals surface area contributed by atoms with Crippen LogP contribution in [0.15, 0.2) is 0 Å². The van der Waals surface area contributed by atoms with Gasteiger partial charge in [-0.3, -0.25) is 0 Å². The lowest BCUT2D eigenvalue weighted by atomic mass is 9.89. The molecule has 0 aliphatic carbocycles. The summed E-state index contributed by atoms with van der Waals surface area (Å²) in [5.41, 5.74) is 6.07. The third-order valence-corrected chi connectivity index (χ3v) is 3.78. The fourth-order valence-corrected chi connectivity index (χ4v) is 2.34. The van der Waals surface area contributed by atoms with Gasteiger partial charge in [-0.2, -0.15) is 0 Å². The summed E-state index contributed by atoms with van der Waals surface area (Å²) in [7, 11) is 0. The van der Waals surface area contributed by atoms with Crippen LogP contribution in [0.4, 0.5) is 0 Å². The zero-order valence-electron chi connectivity index (χ0n) is 11.0. The molecule has 1 saturated heterocycles. The van der Waals surface area contributed by atoms with E-state index in [9.17, 15) is 0 Å². The smallest absolute Gasteiger partial charge is 0.0801 e. The molecule has 3 atom stereocenters. The van der Waals surface area contributed by atoms with Gasteiger partial charge in [0.05, 0.1) is 11.7 Å². The van der Waals surface area contributed by atoms with E-state index in [2.05, 4.69) is 13.8 Å². The molecule has 0 saturated carbocycles. The zero-order chi connectivity index (χ0) is 12.0. The second kappa shape index (κ2) is 6.58. The van der Waals surface area contributed by atoms with Crippen molar-refractivity contribution in [1.82, 2.24) is 0 Å². The topological polar surface area (TPSA) is 44.5 Å². The van der Waals surface area contributed by atoms with Gasteiger partial charge in [0.15, 0.2) is 0 Å². The first-order chi connectivity index (χ1) is 7.62. The maximum absolute atomic E-state index is 6.25. The van der Waals surface area contributed by atoms with Crippen molar-refractivity contribution in [2.24, 2.45) is 5.73 Å². The average Bonchev–Trinajstić information content (AvgIpc) is 2.78. The molecule has 0 radical (unpaired) electrons. The molecule has 0 spiro atoms. The van der Waals surface area contributed by atoms with Crippen LogP contribution < -0.4 is 5.73 Å². The second-order valence-electron chi connectivity index (χ2n) is 4.92. The quantitative estimate of drug-likeness (QED) is 0.729. The van der Waals surface area contributed by atoms with Crippen LogP contribution in [-0.2, 0) is 9.47 Å². The fraction of sp³-hybridized carbons (Fsp3) is 1.00. The minimum atomic E-state index is -0.173. The van der Waals surface area contributed by atoms with Gasteiger partial charge in [-0.15, -0.1) is 0 Å². The number of hydrogen-bond donors (Lipinski definition) is 1. The predicted octanol–water partition coefficient (Wildman–Crippen LogP) is 2.48. The lowest BCUT2D eigenvalue weighted by molar-refractivity contribution is -0.0504. The summed E-state index contributed by atoms with van der Waals surface area (Å²) in [4.78, 5) is 0. The van der Waals surface area contributed by atoms with E-state index in [0.29, 0.717) is 6.10 Å². The van der Waals surface area contributed by atoms with Crippen molar-refractivity contribution in [2.75, 3.05) is 13.2 Å². The highest BCUT2D eigenvalue weighted by Crippen LogP contribution is 2.24. The Morgan fingerprint density at radius 2 is 2.25 bits per heavy atom. The molecule has 1 heterocycles. The second-order valence-corrected chi connectivity index (χ2v) is 4.92. The molecule has 1 fully saturated rings. The first-order valence-corrected chi connectivity index (χ1v) is 6.63. The van der Waals surface area contributed by atoms with Crippen LogP contribution in [-0.4, -0.2) is 31.0 Å². The maximum Gasteiger partial charge on any atom is 0.0801 e. The number of nitrogens with two attached hydrogens (primary N) is 1. The van der Waals surface area contributed by atoms with E-state index >= 15 is 0 Å². The molecule has 3 heteroatoms. The van der Waals surface area contributed by atoms with Crippen molar-refractivity contribution < 1.29 is 9.47 Å². The fourth-order valence-electron chi connectivity index (χ4n) is 2.34. The van der Waals surface area contributed by atoms with Gasteiger partial charge >= 0.3 is 0 Å². The first-order valence-electron chi connectivity index (χ1n) is 6.63. The Morgan fingerprint density at radius 3 is 2.75 bits per heavy atom. The molecule has 16 heavy (non-hydrogen) atoms. The van der Waals surface area contributed by atoms with E-state index in [1.165, 1.54) is 12.8 Å². The van der Waals surface area contributed by atoms with E-state index in [-0.39, 0.29) is 11.6 Å². The molecular formula is C13H27NO2. The van der Waals surface area contributed by atoms with Gasteiger partial charge in [0, 0.05) is 19.3 Å². The average molecular weight is 229 g/mol. The van der Waals surface area contributed by atoms with E-state index in [1.54, 1.807) is 0 Å². The lowest BCUT2D eigenvalue weighted by Crippen LogP contribution is -2.47. The number of hydrogen-bond acceptors (Lipinski definition) is 3. The van der Waals surface area contributed by atoms with Crippen LogP contribution in [0.5, 0.6) is 0 Å². The summed E-state index contributed by atoms with van der Waals surface area (Å²) in [6.07, 6.45) is 5.88. The Bertz CT molecular complexity index is 192. The van der Waals surface area contributed by atoms with E-state index < -0.39 is 0 Å². The summed E-state index contributed by atoms with van der Waals surface area (Å²) in [6.45, 7) is 7.95. The summed E-state index contributed by atoms with van der Waals surface area (Å²) in [5.74, 6) is 0. The third kappa shape index (κ3) is 3.72. The van der Waals surface area contributed by atoms with Crippen molar-refractivity contribution in [1.29, 1.82) is 0 Å². The van der Waals surface area contributed by atoms with Crippen LogP contribution in [0.25, 0.3) is 0 Å². The Hall–Kier alpha value is -0.120. The molecule has 3 nitrogen and oxygen atoms in total. The molecular weight excluding hydrogens is 202 g/mol. The minimum absolute atomic E-state index is 0.113. The van der Waals surface area contributed by atoms with Gasteiger partial charge < -0.3 is 15.2 Å². The Morgan fingerprint density at radius 1 is 1.50 bits per heavy atom. The minimum Gasteiger partial charge on any atom is -0.378 e. The van der Waals surface area contributed by atoms with Crippen LogP contribution >= 0.6 is 0 Å². The molecule has 1 aliphatic rings. The zero-order valence-corrected chi connectivity index (χ0v) is 11.0. The first kappa shape index (κ1) is 13.9. The van der Waals surface area contributed by atoms with Crippen LogP contribution in [0.3, 0.4) is 0 Å². The van der Waals surface area contributed by atoms with Crippen LogP contribution in [0, 0.1) is 0 Å². The normalized spacial score (nSPS) is 26.6. The van der Waals surface area contributed by atoms with Gasteiger partial charge in [-0.1, -0.05) is 6.92 Å². The lowest BCUT2D eigenvalue weighted by Gasteiger charge is -2.34. The monoisotopic (exact) mass is 229 g/mol. The molecule has 1 aliphatic heterocycles. The van der Waals surface area contributed by atoms with Gasteiger partial charge in [0.2, 0.25) is 0 Å². The molecule has 1 rings (SSSR count). The maximum atomic E-state index is 6.25. The molecule has 0 amide bonds. The van der Waals surface area contributed by atoms with Crippen LogP contribution in [0.1, 0.15) is 52.9 Å². The summed E-state index contributed by atoms with van der Waals surface area (Å²) in [6, 6.07) is 0.113. The van der Waals surface area contributed by atoms with E-state index in [0.717, 1.165) is 32.5 Å². The molecule has 0 aromatic carbocycles. The highest BCUT2D eigenvalue weighted by atomic mass is 16.5. The van der Waals surface area contributed by atoms with Crippen molar-refractivity contribution in [3.63, 3.8) is 0 Å². The number of rotatable bonds is 7. The summed E-state index contributed by atoms with van der Waals surface area (Å²) >= 11 is 0. The molecule has 2 N–H and O–H groups in total. The Balaban J connectivity index is 2.33. The van der Waals surface area contributed by atoms with E-state index in [4.69, 9.17) is 15.2 Å². The SMILES string of the molecule is CCOC(C)(CC)C(N)CCC1CCCO1. The molecule has 96 valence electrons. The van der Waals surface area contributed by atoms with Gasteiger partial charge in [0.25, 0.3) is 0 Å². The van der Waals surface area contributed by atoms with Gasteiger partial charge in [-0.05, 0) is 46.0 Å². The highest BCUT2D eigenvalue weighted by Gasteiger charge is 2.31.